The number of benzene rings is 1. The molecule has 3 heterocycles. The van der Waals surface area contributed by atoms with Gasteiger partial charge < -0.3 is 24.6 Å². The van der Waals surface area contributed by atoms with E-state index in [1.807, 2.05) is 4.90 Å². The largest absolute Gasteiger partial charge is 0.383 e. The summed E-state index contributed by atoms with van der Waals surface area (Å²) in [6.07, 6.45) is 1.53. The van der Waals surface area contributed by atoms with Crippen molar-refractivity contribution in [3.63, 3.8) is 0 Å². The molecule has 0 bridgehead atoms. The summed E-state index contributed by atoms with van der Waals surface area (Å²) in [5.41, 5.74) is 0.178. The van der Waals surface area contributed by atoms with Crippen LogP contribution in [0.15, 0.2) is 24.3 Å². The van der Waals surface area contributed by atoms with Gasteiger partial charge in [0, 0.05) is 51.8 Å². The lowest BCUT2D eigenvalue weighted by Gasteiger charge is -2.48. The molecule has 1 spiro atoms. The topological polar surface area (TPSA) is 74.4 Å². The molecule has 0 aliphatic carbocycles. The summed E-state index contributed by atoms with van der Waals surface area (Å²) >= 11 is 0. The summed E-state index contributed by atoms with van der Waals surface area (Å²) in [6, 6.07) is 5.01. The van der Waals surface area contributed by atoms with E-state index in [1.165, 1.54) is 24.3 Å². The van der Waals surface area contributed by atoms with Crippen molar-refractivity contribution in [2.45, 2.75) is 24.5 Å². The summed E-state index contributed by atoms with van der Waals surface area (Å²) in [4.78, 5) is 31.8. The maximum absolute atomic E-state index is 13.3. The molecular weight excluding hydrogens is 379 g/mol. The second kappa shape index (κ2) is 8.25. The number of hydrogen-bond acceptors (Lipinski definition) is 5. The van der Waals surface area contributed by atoms with E-state index in [0.717, 1.165) is 12.8 Å². The van der Waals surface area contributed by atoms with E-state index in [9.17, 15) is 14.0 Å². The molecule has 0 radical (unpaired) electrons. The van der Waals surface area contributed by atoms with E-state index < -0.39 is 0 Å². The molecule has 8 nitrogen and oxygen atoms in total. The van der Waals surface area contributed by atoms with Gasteiger partial charge in [-0.2, -0.15) is 0 Å². The Morgan fingerprint density at radius 2 is 2.00 bits per heavy atom. The van der Waals surface area contributed by atoms with Crippen LogP contribution in [0, 0.1) is 5.82 Å². The number of ether oxygens (including phenoxy) is 2. The molecule has 29 heavy (non-hydrogen) atoms. The van der Waals surface area contributed by atoms with Gasteiger partial charge in [0.05, 0.1) is 19.8 Å². The molecular formula is C20H27FN4O4. The number of halogens is 1. The standard InChI is InChI=1S/C20H27FN4O4/c1-28-13-10-25-18(26)17-14-23(19(27)22-16-4-2-15(21)3-5-16)8-9-24(17)20(25)6-11-29-12-7-20/h2-5,17H,6-14H2,1H3,(H,22,27)/t17-/m1/s1. The number of piperazine rings is 1. The van der Waals surface area contributed by atoms with Crippen LogP contribution in [0.3, 0.4) is 0 Å². The van der Waals surface area contributed by atoms with Crippen LogP contribution < -0.4 is 5.32 Å². The number of carbonyl (C=O) groups is 2. The van der Waals surface area contributed by atoms with Crippen molar-refractivity contribution >= 4 is 17.6 Å². The maximum atomic E-state index is 13.3. The van der Waals surface area contributed by atoms with Gasteiger partial charge in [-0.15, -0.1) is 0 Å². The van der Waals surface area contributed by atoms with E-state index in [-0.39, 0.29) is 29.5 Å². The second-order valence-corrected chi connectivity index (χ2v) is 7.67. The Bertz CT molecular complexity index is 753. The number of fused-ring (bicyclic) bond motifs is 2. The number of urea groups is 1. The third-order valence-corrected chi connectivity index (χ3v) is 6.16. The first-order chi connectivity index (χ1) is 14.0. The normalized spacial score (nSPS) is 24.1. The van der Waals surface area contributed by atoms with Crippen molar-refractivity contribution in [1.29, 1.82) is 0 Å². The Kier molecular flexibility index (Phi) is 5.71. The zero-order valence-corrected chi connectivity index (χ0v) is 16.6. The van der Waals surface area contributed by atoms with Gasteiger partial charge in [0.25, 0.3) is 0 Å². The maximum Gasteiger partial charge on any atom is 0.321 e. The minimum atomic E-state index is -0.363. The Labute approximate surface area is 169 Å². The van der Waals surface area contributed by atoms with Gasteiger partial charge in [0.15, 0.2) is 0 Å². The minimum Gasteiger partial charge on any atom is -0.383 e. The highest BCUT2D eigenvalue weighted by Gasteiger charge is 2.58. The molecule has 3 aliphatic heterocycles. The van der Waals surface area contributed by atoms with Gasteiger partial charge >= 0.3 is 6.03 Å². The number of hydrogen-bond donors (Lipinski definition) is 1. The summed E-state index contributed by atoms with van der Waals surface area (Å²) in [7, 11) is 1.63. The van der Waals surface area contributed by atoms with Gasteiger partial charge in [-0.25, -0.2) is 9.18 Å². The molecule has 4 rings (SSSR count). The van der Waals surface area contributed by atoms with Crippen molar-refractivity contribution < 1.29 is 23.5 Å². The summed E-state index contributed by atoms with van der Waals surface area (Å²) in [6.45, 7) is 3.73. The van der Waals surface area contributed by atoms with Crippen LogP contribution in [0.5, 0.6) is 0 Å². The van der Waals surface area contributed by atoms with Crippen molar-refractivity contribution in [2.75, 3.05) is 58.4 Å². The fourth-order valence-corrected chi connectivity index (χ4v) is 4.71. The average Bonchev–Trinajstić information content (AvgIpc) is 2.96. The Morgan fingerprint density at radius 3 is 2.69 bits per heavy atom. The predicted molar refractivity (Wildman–Crippen MR) is 104 cm³/mol. The van der Waals surface area contributed by atoms with Crippen LogP contribution in [0.25, 0.3) is 0 Å². The van der Waals surface area contributed by atoms with Crippen molar-refractivity contribution in [3.8, 4) is 0 Å². The molecule has 0 saturated carbocycles. The lowest BCUT2D eigenvalue weighted by atomic mass is 9.96. The Balaban J connectivity index is 1.49. The third-order valence-electron chi connectivity index (χ3n) is 6.16. The molecule has 3 fully saturated rings. The zero-order chi connectivity index (χ0) is 20.4. The molecule has 0 unspecified atom stereocenters. The van der Waals surface area contributed by atoms with Crippen LogP contribution in [-0.2, 0) is 14.3 Å². The van der Waals surface area contributed by atoms with E-state index in [0.29, 0.717) is 51.7 Å². The molecule has 3 aliphatic rings. The highest BCUT2D eigenvalue weighted by Crippen LogP contribution is 2.41. The molecule has 1 N–H and O–H groups in total. The molecule has 158 valence electrons. The monoisotopic (exact) mass is 406 g/mol. The third kappa shape index (κ3) is 3.70. The Morgan fingerprint density at radius 1 is 1.28 bits per heavy atom. The SMILES string of the molecule is COCCN1C(=O)[C@H]2CN(C(=O)Nc3ccc(F)cc3)CCN2C12CCOCC2. The van der Waals surface area contributed by atoms with E-state index >= 15 is 0 Å². The number of carbonyl (C=O) groups excluding carboxylic acids is 2. The van der Waals surface area contributed by atoms with Gasteiger partial charge in [0.1, 0.15) is 17.5 Å². The van der Waals surface area contributed by atoms with E-state index in [1.54, 1.807) is 12.0 Å². The summed E-state index contributed by atoms with van der Waals surface area (Å²) in [5.74, 6) is -0.311. The zero-order valence-electron chi connectivity index (χ0n) is 16.6. The van der Waals surface area contributed by atoms with Gasteiger partial charge in [0.2, 0.25) is 5.91 Å². The molecule has 9 heteroatoms. The highest BCUT2D eigenvalue weighted by atomic mass is 19.1. The predicted octanol–water partition coefficient (Wildman–Crippen LogP) is 1.34. The smallest absolute Gasteiger partial charge is 0.321 e. The van der Waals surface area contributed by atoms with Gasteiger partial charge in [-0.1, -0.05) is 0 Å². The van der Waals surface area contributed by atoms with E-state index in [4.69, 9.17) is 9.47 Å². The molecule has 1 aromatic rings. The molecule has 3 saturated heterocycles. The number of nitrogens with one attached hydrogen (secondary N) is 1. The van der Waals surface area contributed by atoms with Gasteiger partial charge in [-0.05, 0) is 24.3 Å². The number of nitrogens with zero attached hydrogens (tertiary/aromatic N) is 3. The van der Waals surface area contributed by atoms with Crippen LogP contribution in [0.4, 0.5) is 14.9 Å². The molecule has 3 amide bonds. The molecule has 0 aromatic heterocycles. The quantitative estimate of drug-likeness (QED) is 0.817. The average molecular weight is 406 g/mol. The fraction of sp³-hybridized carbons (Fsp3) is 0.600. The van der Waals surface area contributed by atoms with Crippen molar-refractivity contribution in [3.05, 3.63) is 30.1 Å². The lowest BCUT2D eigenvalue weighted by molar-refractivity contribution is -0.137. The van der Waals surface area contributed by atoms with Gasteiger partial charge in [-0.3, -0.25) is 9.69 Å². The first-order valence-corrected chi connectivity index (χ1v) is 10.0. The lowest BCUT2D eigenvalue weighted by Crippen LogP contribution is -2.63. The van der Waals surface area contributed by atoms with Crippen LogP contribution in [0.1, 0.15) is 12.8 Å². The second-order valence-electron chi connectivity index (χ2n) is 7.67. The van der Waals surface area contributed by atoms with Crippen LogP contribution in [-0.4, -0.2) is 91.5 Å². The van der Waals surface area contributed by atoms with Crippen molar-refractivity contribution in [1.82, 2.24) is 14.7 Å². The van der Waals surface area contributed by atoms with Crippen molar-refractivity contribution in [2.24, 2.45) is 0 Å². The first-order valence-electron chi connectivity index (χ1n) is 10.0. The highest BCUT2D eigenvalue weighted by molar-refractivity contribution is 5.91. The summed E-state index contributed by atoms with van der Waals surface area (Å²) < 4.78 is 23.9. The molecule has 1 aromatic carbocycles. The van der Waals surface area contributed by atoms with E-state index in [2.05, 4.69) is 10.2 Å². The summed E-state index contributed by atoms with van der Waals surface area (Å²) in [5, 5.41) is 2.79. The molecule has 1 atom stereocenters. The number of anilines is 1. The number of methoxy groups -OCH3 is 1. The van der Waals surface area contributed by atoms with Crippen LogP contribution in [0.2, 0.25) is 0 Å². The van der Waals surface area contributed by atoms with Crippen LogP contribution >= 0.6 is 0 Å². The number of rotatable bonds is 4. The minimum absolute atomic E-state index is 0.0447. The Hall–Kier alpha value is -2.23. The first kappa shape index (κ1) is 20.1. The number of amides is 3. The fourth-order valence-electron chi connectivity index (χ4n) is 4.71.